The lowest BCUT2D eigenvalue weighted by Crippen LogP contribution is -1.96. The van der Waals surface area contributed by atoms with E-state index in [2.05, 4.69) is 6.08 Å². The Morgan fingerprint density at radius 1 is 1.55 bits per heavy atom. The minimum Gasteiger partial charge on any atom is -0.465 e. The molecule has 2 N–H and O–H groups in total. The van der Waals surface area contributed by atoms with Crippen molar-refractivity contribution in [2.45, 2.75) is 12.8 Å². The zero-order chi connectivity index (χ0) is 7.94. The van der Waals surface area contributed by atoms with Gasteiger partial charge in [0.15, 0.2) is 0 Å². The highest BCUT2D eigenvalue weighted by Gasteiger charge is 1.85. The first-order chi connectivity index (χ1) is 5.43. The topological polar surface area (TPSA) is 39.2 Å². The van der Waals surface area contributed by atoms with Gasteiger partial charge in [0.1, 0.15) is 5.76 Å². The molecule has 0 aliphatic rings. The van der Waals surface area contributed by atoms with E-state index in [1.54, 1.807) is 6.26 Å². The van der Waals surface area contributed by atoms with E-state index < -0.39 is 0 Å². The predicted octanol–water partition coefficient (Wildman–Crippen LogP) is 2.03. The second-order valence-corrected chi connectivity index (χ2v) is 2.35. The fraction of sp³-hybridized carbons (Fsp3) is 0.333. The first kappa shape index (κ1) is 8.08. The van der Waals surface area contributed by atoms with Crippen LogP contribution >= 0.6 is 0 Å². The van der Waals surface area contributed by atoms with Gasteiger partial charge >= 0.3 is 0 Å². The van der Waals surface area contributed by atoms with Crippen molar-refractivity contribution in [1.82, 2.24) is 0 Å². The Morgan fingerprint density at radius 3 is 3.09 bits per heavy atom. The lowest BCUT2D eigenvalue weighted by Gasteiger charge is -1.87. The summed E-state index contributed by atoms with van der Waals surface area (Å²) in [6, 6.07) is 3.81. The van der Waals surface area contributed by atoms with Gasteiger partial charge in [0.2, 0.25) is 0 Å². The number of nitrogens with two attached hydrogens (primary N) is 1. The van der Waals surface area contributed by atoms with E-state index in [1.165, 1.54) is 0 Å². The summed E-state index contributed by atoms with van der Waals surface area (Å²) in [5.74, 6) is 0.905. The molecule has 0 radical (unpaired) electrons. The Morgan fingerprint density at radius 2 is 2.45 bits per heavy atom. The van der Waals surface area contributed by atoms with Crippen LogP contribution in [0, 0.1) is 0 Å². The number of hydrogen-bond acceptors (Lipinski definition) is 2. The third kappa shape index (κ3) is 3.05. The maximum atomic E-state index is 5.33. The summed E-state index contributed by atoms with van der Waals surface area (Å²) in [7, 11) is 0. The molecule has 0 amide bonds. The van der Waals surface area contributed by atoms with Crippen molar-refractivity contribution in [3.63, 3.8) is 0 Å². The maximum Gasteiger partial charge on any atom is 0.126 e. The smallest absolute Gasteiger partial charge is 0.126 e. The molecule has 0 aliphatic carbocycles. The van der Waals surface area contributed by atoms with Crippen LogP contribution in [0.1, 0.15) is 18.6 Å². The summed E-state index contributed by atoms with van der Waals surface area (Å²) in [4.78, 5) is 0. The maximum absolute atomic E-state index is 5.33. The van der Waals surface area contributed by atoms with Crippen LogP contribution in [0.2, 0.25) is 0 Å². The van der Waals surface area contributed by atoms with E-state index in [4.69, 9.17) is 10.2 Å². The van der Waals surface area contributed by atoms with E-state index in [-0.39, 0.29) is 0 Å². The van der Waals surface area contributed by atoms with Crippen molar-refractivity contribution in [2.24, 2.45) is 5.73 Å². The van der Waals surface area contributed by atoms with E-state index in [0.29, 0.717) is 0 Å². The van der Waals surface area contributed by atoms with Crippen LogP contribution in [-0.4, -0.2) is 6.54 Å². The van der Waals surface area contributed by atoms with Crippen LogP contribution in [0.4, 0.5) is 0 Å². The fourth-order valence-corrected chi connectivity index (χ4v) is 0.821. The van der Waals surface area contributed by atoms with Crippen LogP contribution in [-0.2, 0) is 0 Å². The van der Waals surface area contributed by atoms with Gasteiger partial charge in [-0.05, 0) is 37.6 Å². The fourth-order valence-electron chi connectivity index (χ4n) is 0.821. The van der Waals surface area contributed by atoms with Gasteiger partial charge in [0.25, 0.3) is 0 Å². The van der Waals surface area contributed by atoms with Crippen LogP contribution in [0.5, 0.6) is 0 Å². The highest BCUT2D eigenvalue weighted by Crippen LogP contribution is 2.03. The largest absolute Gasteiger partial charge is 0.465 e. The first-order valence-electron chi connectivity index (χ1n) is 3.83. The minimum absolute atomic E-state index is 0.752. The van der Waals surface area contributed by atoms with Crippen molar-refractivity contribution in [3.8, 4) is 0 Å². The Bertz CT molecular complexity index is 201. The zero-order valence-corrected chi connectivity index (χ0v) is 6.49. The molecule has 0 unspecified atom stereocenters. The molecular formula is C9H13NO. The predicted molar refractivity (Wildman–Crippen MR) is 46.0 cm³/mol. The molecule has 0 atom stereocenters. The van der Waals surface area contributed by atoms with Gasteiger partial charge in [0, 0.05) is 0 Å². The summed E-state index contributed by atoms with van der Waals surface area (Å²) in [5.41, 5.74) is 5.33. The summed E-state index contributed by atoms with van der Waals surface area (Å²) >= 11 is 0. The second-order valence-electron chi connectivity index (χ2n) is 2.35. The van der Waals surface area contributed by atoms with E-state index in [0.717, 1.165) is 25.1 Å². The van der Waals surface area contributed by atoms with Crippen LogP contribution in [0.15, 0.2) is 28.9 Å². The number of unbranched alkanes of at least 4 members (excludes halogenated alkanes) is 1. The Balaban J connectivity index is 2.25. The molecule has 0 fully saturated rings. The molecule has 0 spiro atoms. The molecule has 1 aromatic rings. The van der Waals surface area contributed by atoms with Crippen LogP contribution in [0.3, 0.4) is 0 Å². The zero-order valence-electron chi connectivity index (χ0n) is 6.49. The number of rotatable bonds is 4. The SMILES string of the molecule is NCCCC=Cc1ccco1. The molecule has 60 valence electrons. The average molecular weight is 151 g/mol. The van der Waals surface area contributed by atoms with Crippen molar-refractivity contribution in [2.75, 3.05) is 6.54 Å². The molecule has 2 heteroatoms. The molecule has 0 saturated heterocycles. The summed E-state index contributed by atoms with van der Waals surface area (Å²) in [5, 5.41) is 0. The molecule has 2 nitrogen and oxygen atoms in total. The summed E-state index contributed by atoms with van der Waals surface area (Å²) in [6.45, 7) is 0.752. The number of allylic oxidation sites excluding steroid dienone is 1. The standard InChI is InChI=1S/C9H13NO/c10-7-3-1-2-5-9-6-4-8-11-9/h2,4-6,8H,1,3,7,10H2. The molecule has 0 aliphatic heterocycles. The lowest BCUT2D eigenvalue weighted by atomic mass is 10.3. The molecular weight excluding hydrogens is 138 g/mol. The average Bonchev–Trinajstić information content (AvgIpc) is 2.50. The third-order valence-electron chi connectivity index (χ3n) is 1.40. The van der Waals surface area contributed by atoms with Crippen molar-refractivity contribution in [1.29, 1.82) is 0 Å². The first-order valence-corrected chi connectivity index (χ1v) is 3.83. The minimum atomic E-state index is 0.752. The van der Waals surface area contributed by atoms with Crippen LogP contribution in [0.25, 0.3) is 6.08 Å². The monoisotopic (exact) mass is 151 g/mol. The number of furan rings is 1. The highest BCUT2D eigenvalue weighted by atomic mass is 16.3. The summed E-state index contributed by atoms with van der Waals surface area (Å²) < 4.78 is 5.10. The summed E-state index contributed by atoms with van der Waals surface area (Å²) in [6.07, 6.45) is 7.78. The van der Waals surface area contributed by atoms with Gasteiger partial charge < -0.3 is 10.2 Å². The Kier molecular flexibility index (Phi) is 3.48. The molecule has 0 bridgehead atoms. The van der Waals surface area contributed by atoms with Gasteiger partial charge in [-0.2, -0.15) is 0 Å². The van der Waals surface area contributed by atoms with Gasteiger partial charge in [-0.1, -0.05) is 6.08 Å². The van der Waals surface area contributed by atoms with Gasteiger partial charge in [-0.3, -0.25) is 0 Å². The lowest BCUT2D eigenvalue weighted by molar-refractivity contribution is 0.556. The van der Waals surface area contributed by atoms with Gasteiger partial charge in [0.05, 0.1) is 6.26 Å². The number of hydrogen-bond donors (Lipinski definition) is 1. The van der Waals surface area contributed by atoms with E-state index in [1.807, 2.05) is 18.2 Å². The molecule has 1 aromatic heterocycles. The van der Waals surface area contributed by atoms with Crippen molar-refractivity contribution < 1.29 is 4.42 Å². The molecule has 0 saturated carbocycles. The van der Waals surface area contributed by atoms with Gasteiger partial charge in [-0.15, -0.1) is 0 Å². The third-order valence-corrected chi connectivity index (χ3v) is 1.40. The highest BCUT2D eigenvalue weighted by molar-refractivity contribution is 5.41. The Hall–Kier alpha value is -1.02. The van der Waals surface area contributed by atoms with Gasteiger partial charge in [-0.25, -0.2) is 0 Å². The molecule has 0 aromatic carbocycles. The molecule has 11 heavy (non-hydrogen) atoms. The molecule has 1 rings (SSSR count). The van der Waals surface area contributed by atoms with Crippen molar-refractivity contribution in [3.05, 3.63) is 30.2 Å². The normalized spacial score (nSPS) is 11.0. The Labute approximate surface area is 66.7 Å². The van der Waals surface area contributed by atoms with E-state index in [9.17, 15) is 0 Å². The van der Waals surface area contributed by atoms with Crippen molar-refractivity contribution >= 4 is 6.08 Å². The van der Waals surface area contributed by atoms with E-state index >= 15 is 0 Å². The quantitative estimate of drug-likeness (QED) is 0.669. The molecule has 1 heterocycles. The second kappa shape index (κ2) is 4.74. The van der Waals surface area contributed by atoms with Crippen LogP contribution < -0.4 is 5.73 Å².